The lowest BCUT2D eigenvalue weighted by atomic mass is 10.2. The van der Waals surface area contributed by atoms with Crippen LogP contribution in [-0.4, -0.2) is 21.0 Å². The Morgan fingerprint density at radius 3 is 2.68 bits per heavy atom. The molecule has 0 fully saturated rings. The number of aromatic nitrogens is 3. The van der Waals surface area contributed by atoms with Gasteiger partial charge in [-0.05, 0) is 49.4 Å². The first-order valence-electron chi connectivity index (χ1n) is 8.37. The molecule has 2 aromatic carbocycles. The van der Waals surface area contributed by atoms with E-state index in [2.05, 4.69) is 20.6 Å². The predicted molar refractivity (Wildman–Crippen MR) is 116 cm³/mol. The minimum Gasteiger partial charge on any atom is -0.278 e. The molecule has 4 rings (SSSR count). The Kier molecular flexibility index (Phi) is 5.22. The molecule has 140 valence electrons. The van der Waals surface area contributed by atoms with E-state index < -0.39 is 0 Å². The smallest absolute Gasteiger partial charge is 0.142 e. The van der Waals surface area contributed by atoms with Crippen molar-refractivity contribution in [3.8, 4) is 5.69 Å². The van der Waals surface area contributed by atoms with Gasteiger partial charge < -0.3 is 0 Å². The van der Waals surface area contributed by atoms with Gasteiger partial charge in [0.2, 0.25) is 0 Å². The molecular formula is C20H14Cl3N5. The molecule has 2 heterocycles. The summed E-state index contributed by atoms with van der Waals surface area (Å²) < 4.78 is 1.63. The molecule has 1 N–H and O–H groups in total. The Morgan fingerprint density at radius 2 is 1.86 bits per heavy atom. The maximum absolute atomic E-state index is 6.52. The van der Waals surface area contributed by atoms with Crippen LogP contribution < -0.4 is 5.43 Å². The van der Waals surface area contributed by atoms with Crippen LogP contribution in [0.15, 0.2) is 59.8 Å². The maximum Gasteiger partial charge on any atom is 0.142 e. The molecule has 0 unspecified atom stereocenters. The quantitative estimate of drug-likeness (QED) is 0.313. The monoisotopic (exact) mass is 429 g/mol. The first-order chi connectivity index (χ1) is 13.5. The van der Waals surface area contributed by atoms with Gasteiger partial charge >= 0.3 is 0 Å². The van der Waals surface area contributed by atoms with Crippen molar-refractivity contribution in [3.63, 3.8) is 0 Å². The van der Waals surface area contributed by atoms with Crippen LogP contribution in [0.1, 0.15) is 11.3 Å². The number of fused-ring (bicyclic) bond motifs is 1. The highest BCUT2D eigenvalue weighted by Crippen LogP contribution is 2.26. The number of halogens is 3. The number of aryl methyl sites for hydroxylation is 1. The number of anilines is 1. The molecule has 0 amide bonds. The van der Waals surface area contributed by atoms with Gasteiger partial charge in [-0.3, -0.25) is 10.4 Å². The fraction of sp³-hybridized carbons (Fsp3) is 0.0500. The second kappa shape index (κ2) is 7.80. The third-order valence-corrected chi connectivity index (χ3v) is 5.02. The summed E-state index contributed by atoms with van der Waals surface area (Å²) in [5.74, 6) is 0. The number of hydrogen-bond donors (Lipinski definition) is 1. The number of hydrazone groups is 1. The van der Waals surface area contributed by atoms with Gasteiger partial charge in [0.25, 0.3) is 0 Å². The zero-order chi connectivity index (χ0) is 19.7. The Labute approximate surface area is 176 Å². The van der Waals surface area contributed by atoms with E-state index in [0.29, 0.717) is 15.2 Å². The molecule has 5 nitrogen and oxygen atoms in total. The van der Waals surface area contributed by atoms with Crippen molar-refractivity contribution in [1.29, 1.82) is 0 Å². The minimum atomic E-state index is 0.455. The molecule has 0 saturated carbocycles. The summed E-state index contributed by atoms with van der Waals surface area (Å²) in [5, 5.41) is 11.4. The summed E-state index contributed by atoms with van der Waals surface area (Å²) in [5.41, 5.74) is 6.89. The molecular weight excluding hydrogens is 417 g/mol. The Bertz CT molecular complexity index is 1200. The standard InChI is InChI=1S/C20H14Cl3N5/c1-12-17(20(23)28(27-12)15-4-2-3-13(21)9-15)11-25-26-18-7-8-24-19-10-14(22)5-6-16(18)19/h2-11H,1H3,(H,24,26). The summed E-state index contributed by atoms with van der Waals surface area (Å²) in [6, 6.07) is 14.7. The number of hydrogen-bond acceptors (Lipinski definition) is 4. The van der Waals surface area contributed by atoms with Gasteiger partial charge in [-0.15, -0.1) is 0 Å². The summed E-state index contributed by atoms with van der Waals surface area (Å²) in [6.07, 6.45) is 3.35. The fourth-order valence-electron chi connectivity index (χ4n) is 2.82. The lowest BCUT2D eigenvalue weighted by Crippen LogP contribution is -1.96. The molecule has 4 aromatic rings. The molecule has 0 aliphatic heterocycles. The summed E-state index contributed by atoms with van der Waals surface area (Å²) >= 11 is 18.6. The number of nitrogens with one attached hydrogen (secondary N) is 1. The van der Waals surface area contributed by atoms with Crippen LogP contribution in [0.2, 0.25) is 15.2 Å². The average molecular weight is 431 g/mol. The van der Waals surface area contributed by atoms with Gasteiger partial charge in [0.15, 0.2) is 0 Å². The Morgan fingerprint density at radius 1 is 1.04 bits per heavy atom. The predicted octanol–water partition coefficient (Wildman–Crippen LogP) is 6.14. The molecule has 0 aliphatic carbocycles. The number of nitrogens with zero attached hydrogens (tertiary/aromatic N) is 4. The van der Waals surface area contributed by atoms with E-state index >= 15 is 0 Å². The first kappa shape index (κ1) is 18.7. The molecule has 0 saturated heterocycles. The van der Waals surface area contributed by atoms with Crippen LogP contribution in [0.5, 0.6) is 0 Å². The van der Waals surface area contributed by atoms with Crippen LogP contribution in [0.4, 0.5) is 5.69 Å². The highest BCUT2D eigenvalue weighted by molar-refractivity contribution is 6.33. The van der Waals surface area contributed by atoms with Gasteiger partial charge in [0.05, 0.1) is 34.4 Å². The van der Waals surface area contributed by atoms with Gasteiger partial charge in [-0.25, -0.2) is 4.68 Å². The molecule has 28 heavy (non-hydrogen) atoms. The molecule has 0 radical (unpaired) electrons. The normalized spacial score (nSPS) is 11.4. The topological polar surface area (TPSA) is 55.1 Å². The second-order valence-corrected chi connectivity index (χ2v) is 7.30. The third kappa shape index (κ3) is 3.69. The minimum absolute atomic E-state index is 0.455. The summed E-state index contributed by atoms with van der Waals surface area (Å²) in [7, 11) is 0. The first-order valence-corrected chi connectivity index (χ1v) is 9.51. The van der Waals surface area contributed by atoms with E-state index in [1.54, 1.807) is 29.2 Å². The molecule has 0 aliphatic rings. The lowest BCUT2D eigenvalue weighted by molar-refractivity contribution is 0.863. The van der Waals surface area contributed by atoms with E-state index in [-0.39, 0.29) is 0 Å². The van der Waals surface area contributed by atoms with E-state index in [0.717, 1.165) is 33.5 Å². The van der Waals surface area contributed by atoms with Crippen LogP contribution in [-0.2, 0) is 0 Å². The molecule has 0 spiro atoms. The average Bonchev–Trinajstić information content (AvgIpc) is 2.96. The largest absolute Gasteiger partial charge is 0.278 e. The van der Waals surface area contributed by atoms with Crippen LogP contribution in [0, 0.1) is 6.92 Å². The van der Waals surface area contributed by atoms with Gasteiger partial charge in [0.1, 0.15) is 5.15 Å². The molecule has 0 atom stereocenters. The molecule has 8 heteroatoms. The van der Waals surface area contributed by atoms with E-state index in [9.17, 15) is 0 Å². The van der Waals surface area contributed by atoms with Gasteiger partial charge in [-0.2, -0.15) is 10.2 Å². The summed E-state index contributed by atoms with van der Waals surface area (Å²) in [6.45, 7) is 1.87. The molecule has 0 bridgehead atoms. The van der Waals surface area contributed by atoms with Gasteiger partial charge in [-0.1, -0.05) is 40.9 Å². The zero-order valence-corrected chi connectivity index (χ0v) is 17.0. The van der Waals surface area contributed by atoms with E-state index in [4.69, 9.17) is 34.8 Å². The number of benzene rings is 2. The van der Waals surface area contributed by atoms with Crippen molar-refractivity contribution in [3.05, 3.63) is 81.2 Å². The maximum atomic E-state index is 6.52. The third-order valence-electron chi connectivity index (χ3n) is 4.18. The Balaban J connectivity index is 1.63. The highest BCUT2D eigenvalue weighted by atomic mass is 35.5. The second-order valence-electron chi connectivity index (χ2n) is 6.07. The molecule has 2 aromatic heterocycles. The van der Waals surface area contributed by atoms with E-state index in [1.807, 2.05) is 43.3 Å². The zero-order valence-electron chi connectivity index (χ0n) is 14.7. The van der Waals surface area contributed by atoms with Crippen molar-refractivity contribution in [1.82, 2.24) is 14.8 Å². The number of pyridine rings is 1. The van der Waals surface area contributed by atoms with Crippen molar-refractivity contribution in [2.75, 3.05) is 5.43 Å². The fourth-order valence-corrected chi connectivity index (χ4v) is 3.49. The van der Waals surface area contributed by atoms with Crippen LogP contribution >= 0.6 is 34.8 Å². The van der Waals surface area contributed by atoms with Gasteiger partial charge in [0, 0.05) is 21.6 Å². The van der Waals surface area contributed by atoms with Crippen molar-refractivity contribution >= 4 is 57.6 Å². The lowest BCUT2D eigenvalue weighted by Gasteiger charge is -2.05. The van der Waals surface area contributed by atoms with Crippen LogP contribution in [0.25, 0.3) is 16.6 Å². The van der Waals surface area contributed by atoms with Crippen molar-refractivity contribution in [2.24, 2.45) is 5.10 Å². The Hall–Kier alpha value is -2.60. The van der Waals surface area contributed by atoms with Crippen LogP contribution in [0.3, 0.4) is 0 Å². The SMILES string of the molecule is Cc1nn(-c2cccc(Cl)c2)c(Cl)c1C=NNc1ccnc2cc(Cl)ccc12. The summed E-state index contributed by atoms with van der Waals surface area (Å²) in [4.78, 5) is 4.32. The number of rotatable bonds is 4. The van der Waals surface area contributed by atoms with Crippen molar-refractivity contribution < 1.29 is 0 Å². The highest BCUT2D eigenvalue weighted by Gasteiger charge is 2.13. The van der Waals surface area contributed by atoms with Crippen molar-refractivity contribution in [2.45, 2.75) is 6.92 Å². The van der Waals surface area contributed by atoms with E-state index in [1.165, 1.54) is 0 Å².